The van der Waals surface area contributed by atoms with Crippen molar-refractivity contribution in [3.8, 4) is 0 Å². The highest BCUT2D eigenvalue weighted by Gasteiger charge is 2.30. The number of rotatable bonds is 6. The molecule has 0 spiro atoms. The third-order valence-electron chi connectivity index (χ3n) is 3.01. The molecule has 100 valence electrons. The number of carbonyl (C=O) groups excluding carboxylic acids is 1. The summed E-state index contributed by atoms with van der Waals surface area (Å²) < 4.78 is 10.1. The Balaban J connectivity index is 2.12. The van der Waals surface area contributed by atoms with Gasteiger partial charge in [0.1, 0.15) is 0 Å². The van der Waals surface area contributed by atoms with Gasteiger partial charge in [-0.1, -0.05) is 0 Å². The van der Waals surface area contributed by atoms with Crippen molar-refractivity contribution in [2.75, 3.05) is 26.8 Å². The van der Waals surface area contributed by atoms with Crippen LogP contribution < -0.4 is 5.32 Å². The van der Waals surface area contributed by atoms with Gasteiger partial charge in [-0.3, -0.25) is 0 Å². The molecule has 17 heavy (non-hydrogen) atoms. The quantitative estimate of drug-likeness (QED) is 0.525. The van der Waals surface area contributed by atoms with Crippen LogP contribution in [0.3, 0.4) is 0 Å². The molecule has 5 nitrogen and oxygen atoms in total. The molecule has 0 amide bonds. The summed E-state index contributed by atoms with van der Waals surface area (Å²) >= 11 is 0. The van der Waals surface area contributed by atoms with E-state index in [0.717, 1.165) is 32.4 Å². The van der Waals surface area contributed by atoms with Gasteiger partial charge < -0.3 is 19.9 Å². The summed E-state index contributed by atoms with van der Waals surface area (Å²) in [5, 5.41) is 12.8. The van der Waals surface area contributed by atoms with Crippen LogP contribution in [-0.2, 0) is 14.3 Å². The second-order valence-electron chi connectivity index (χ2n) is 4.72. The smallest absolute Gasteiger partial charge is 0.338 e. The van der Waals surface area contributed by atoms with Crippen molar-refractivity contribution in [1.82, 2.24) is 5.32 Å². The zero-order valence-electron chi connectivity index (χ0n) is 10.7. The number of esters is 1. The average molecular weight is 245 g/mol. The number of methoxy groups -OCH3 is 1. The lowest BCUT2D eigenvalue weighted by molar-refractivity contribution is -0.159. The van der Waals surface area contributed by atoms with Crippen LogP contribution in [-0.4, -0.2) is 49.6 Å². The van der Waals surface area contributed by atoms with Gasteiger partial charge in [0.15, 0.2) is 5.60 Å². The Bertz CT molecular complexity index is 237. The zero-order chi connectivity index (χ0) is 12.7. The van der Waals surface area contributed by atoms with Crippen molar-refractivity contribution >= 4 is 5.97 Å². The van der Waals surface area contributed by atoms with Crippen molar-refractivity contribution < 1.29 is 19.4 Å². The molecule has 0 aromatic carbocycles. The third-order valence-corrected chi connectivity index (χ3v) is 3.01. The third kappa shape index (κ3) is 5.02. The standard InChI is InChI=1S/C12H23NO4/c1-12(15,11(14)16-2)9-13-7-6-10-5-3-4-8-17-10/h10,13,15H,3-9H2,1-2H3. The average Bonchev–Trinajstić information content (AvgIpc) is 2.35. The molecule has 1 fully saturated rings. The van der Waals surface area contributed by atoms with E-state index in [1.165, 1.54) is 20.5 Å². The summed E-state index contributed by atoms with van der Waals surface area (Å²) in [5.74, 6) is -0.612. The van der Waals surface area contributed by atoms with Gasteiger partial charge in [0, 0.05) is 13.2 Å². The Labute approximate surface area is 102 Å². The summed E-state index contributed by atoms with van der Waals surface area (Å²) in [6, 6.07) is 0. The highest BCUT2D eigenvalue weighted by Crippen LogP contribution is 2.14. The summed E-state index contributed by atoms with van der Waals surface area (Å²) in [4.78, 5) is 11.2. The Morgan fingerprint density at radius 3 is 2.94 bits per heavy atom. The molecule has 0 aromatic rings. The minimum atomic E-state index is -1.46. The molecular formula is C12H23NO4. The van der Waals surface area contributed by atoms with E-state index < -0.39 is 11.6 Å². The number of hydrogen-bond acceptors (Lipinski definition) is 5. The fourth-order valence-corrected chi connectivity index (χ4v) is 1.92. The van der Waals surface area contributed by atoms with E-state index in [2.05, 4.69) is 10.1 Å². The first-order valence-corrected chi connectivity index (χ1v) is 6.19. The maximum absolute atomic E-state index is 11.2. The lowest BCUT2D eigenvalue weighted by atomic mass is 10.1. The topological polar surface area (TPSA) is 67.8 Å². The van der Waals surface area contributed by atoms with E-state index in [1.807, 2.05) is 0 Å². The molecule has 0 aromatic heterocycles. The molecule has 2 unspecified atom stereocenters. The Kier molecular flexibility index (Phi) is 5.88. The highest BCUT2D eigenvalue weighted by atomic mass is 16.5. The number of hydrogen-bond donors (Lipinski definition) is 2. The minimum absolute atomic E-state index is 0.201. The van der Waals surface area contributed by atoms with E-state index in [-0.39, 0.29) is 6.54 Å². The maximum Gasteiger partial charge on any atom is 0.338 e. The first kappa shape index (κ1) is 14.4. The van der Waals surface area contributed by atoms with Crippen LogP contribution in [0.15, 0.2) is 0 Å². The maximum atomic E-state index is 11.2. The lowest BCUT2D eigenvalue weighted by Crippen LogP contribution is -2.46. The second-order valence-corrected chi connectivity index (χ2v) is 4.72. The molecule has 1 heterocycles. The van der Waals surface area contributed by atoms with Crippen LogP contribution >= 0.6 is 0 Å². The molecule has 0 bridgehead atoms. The molecule has 1 aliphatic heterocycles. The fraction of sp³-hybridized carbons (Fsp3) is 0.917. The first-order valence-electron chi connectivity index (χ1n) is 6.19. The van der Waals surface area contributed by atoms with Gasteiger partial charge in [0.2, 0.25) is 0 Å². The van der Waals surface area contributed by atoms with Gasteiger partial charge >= 0.3 is 5.97 Å². The SMILES string of the molecule is COC(=O)C(C)(O)CNCCC1CCCCO1. The summed E-state index contributed by atoms with van der Waals surface area (Å²) in [5.41, 5.74) is -1.46. The van der Waals surface area contributed by atoms with Gasteiger partial charge in [-0.2, -0.15) is 0 Å². The normalized spacial score (nSPS) is 24.1. The van der Waals surface area contributed by atoms with Crippen LogP contribution in [0.4, 0.5) is 0 Å². The van der Waals surface area contributed by atoms with Crippen LogP contribution in [0.1, 0.15) is 32.6 Å². The van der Waals surface area contributed by atoms with E-state index in [9.17, 15) is 9.90 Å². The van der Waals surface area contributed by atoms with E-state index in [4.69, 9.17) is 4.74 Å². The highest BCUT2D eigenvalue weighted by molar-refractivity contribution is 5.78. The van der Waals surface area contributed by atoms with Gasteiger partial charge in [-0.15, -0.1) is 0 Å². The molecule has 0 aliphatic carbocycles. The van der Waals surface area contributed by atoms with E-state index in [0.29, 0.717) is 6.10 Å². The van der Waals surface area contributed by atoms with Crippen molar-refractivity contribution in [3.63, 3.8) is 0 Å². The molecule has 1 saturated heterocycles. The molecular weight excluding hydrogens is 222 g/mol. The Hall–Kier alpha value is -0.650. The van der Waals surface area contributed by atoms with Crippen LogP contribution in [0.2, 0.25) is 0 Å². The second kappa shape index (κ2) is 6.93. The van der Waals surface area contributed by atoms with Crippen LogP contribution in [0, 0.1) is 0 Å². The summed E-state index contributed by atoms with van der Waals surface area (Å²) in [6.45, 7) is 3.23. The molecule has 0 saturated carbocycles. The van der Waals surface area contributed by atoms with Gasteiger partial charge in [-0.25, -0.2) is 4.79 Å². The monoisotopic (exact) mass is 245 g/mol. The number of carbonyl (C=O) groups is 1. The number of nitrogens with one attached hydrogen (secondary N) is 1. The Morgan fingerprint density at radius 1 is 1.59 bits per heavy atom. The molecule has 1 aliphatic rings. The molecule has 5 heteroatoms. The van der Waals surface area contributed by atoms with Crippen molar-refractivity contribution in [1.29, 1.82) is 0 Å². The van der Waals surface area contributed by atoms with Gasteiger partial charge in [-0.05, 0) is 39.2 Å². The lowest BCUT2D eigenvalue weighted by Gasteiger charge is -2.24. The number of aliphatic hydroxyl groups is 1. The predicted molar refractivity (Wildman–Crippen MR) is 63.7 cm³/mol. The number of ether oxygens (including phenoxy) is 2. The van der Waals surface area contributed by atoms with Crippen molar-refractivity contribution in [2.45, 2.75) is 44.3 Å². The van der Waals surface area contributed by atoms with Crippen molar-refractivity contribution in [3.05, 3.63) is 0 Å². The minimum Gasteiger partial charge on any atom is -0.467 e. The van der Waals surface area contributed by atoms with Gasteiger partial charge in [0.25, 0.3) is 0 Å². The zero-order valence-corrected chi connectivity index (χ0v) is 10.7. The van der Waals surface area contributed by atoms with E-state index in [1.54, 1.807) is 0 Å². The predicted octanol–water partition coefficient (Wildman–Crippen LogP) is 0.459. The van der Waals surface area contributed by atoms with Gasteiger partial charge in [0.05, 0.1) is 13.2 Å². The summed E-state index contributed by atoms with van der Waals surface area (Å²) in [6.07, 6.45) is 4.72. The first-order chi connectivity index (χ1) is 8.06. The molecule has 0 radical (unpaired) electrons. The van der Waals surface area contributed by atoms with Crippen LogP contribution in [0.25, 0.3) is 0 Å². The molecule has 1 rings (SSSR count). The van der Waals surface area contributed by atoms with Crippen LogP contribution in [0.5, 0.6) is 0 Å². The molecule has 2 atom stereocenters. The molecule has 2 N–H and O–H groups in total. The summed E-state index contributed by atoms with van der Waals surface area (Å²) in [7, 11) is 1.27. The largest absolute Gasteiger partial charge is 0.467 e. The fourth-order valence-electron chi connectivity index (χ4n) is 1.92. The van der Waals surface area contributed by atoms with E-state index >= 15 is 0 Å². The Morgan fingerprint density at radius 2 is 2.35 bits per heavy atom. The van der Waals surface area contributed by atoms with Crippen molar-refractivity contribution in [2.24, 2.45) is 0 Å².